The van der Waals surface area contributed by atoms with Crippen LogP contribution in [0.25, 0.3) is 5.69 Å². The van der Waals surface area contributed by atoms with Gasteiger partial charge in [0.1, 0.15) is 11.6 Å². The van der Waals surface area contributed by atoms with Crippen LogP contribution in [0.3, 0.4) is 0 Å². The lowest BCUT2D eigenvalue weighted by atomic mass is 10.2. The molecule has 4 rings (SSSR count). The van der Waals surface area contributed by atoms with Crippen molar-refractivity contribution in [3.05, 3.63) is 84.2 Å². The number of rotatable bonds is 7. The van der Waals surface area contributed by atoms with Gasteiger partial charge in [-0.15, -0.1) is 18.3 Å². The van der Waals surface area contributed by atoms with E-state index >= 15 is 0 Å². The first-order valence-electron chi connectivity index (χ1n) is 9.56. The lowest BCUT2D eigenvalue weighted by Crippen LogP contribution is -2.17. The molecule has 0 aliphatic carbocycles. The number of anilines is 1. The number of hydrogen-bond acceptors (Lipinski definition) is 7. The highest BCUT2D eigenvalue weighted by Gasteiger charge is 2.31. The summed E-state index contributed by atoms with van der Waals surface area (Å²) in [6, 6.07) is 11.9. The molecule has 0 spiro atoms. The molecule has 0 unspecified atom stereocenters. The zero-order chi connectivity index (χ0) is 24.1. The summed E-state index contributed by atoms with van der Waals surface area (Å²) in [4.78, 5) is 21.1. The first-order valence-corrected chi connectivity index (χ1v) is 10.5. The fraction of sp³-hybridized carbons (Fsp3) is 0.0952. The van der Waals surface area contributed by atoms with E-state index in [2.05, 4.69) is 30.3 Å². The third kappa shape index (κ3) is 5.86. The number of aromatic nitrogens is 5. The van der Waals surface area contributed by atoms with Crippen molar-refractivity contribution in [2.45, 2.75) is 17.3 Å². The molecular formula is C21H14F4N6O2S. The van der Waals surface area contributed by atoms with Gasteiger partial charge in [0.15, 0.2) is 10.9 Å². The van der Waals surface area contributed by atoms with Crippen LogP contribution in [0.15, 0.2) is 72.1 Å². The summed E-state index contributed by atoms with van der Waals surface area (Å²) in [5.74, 6) is -1.42. The van der Waals surface area contributed by atoms with Crippen molar-refractivity contribution in [1.29, 1.82) is 0 Å². The summed E-state index contributed by atoms with van der Waals surface area (Å²) in [5.41, 5.74) is 0.841. The van der Waals surface area contributed by atoms with Gasteiger partial charge in [-0.25, -0.2) is 19.0 Å². The van der Waals surface area contributed by atoms with E-state index in [1.807, 2.05) is 0 Å². The first-order chi connectivity index (χ1) is 16.3. The Labute approximate surface area is 194 Å². The SMILES string of the molecule is O=C(Nc1cccc(F)c1)c1nnn(-c2ccc(OC(F)(F)F)cc2)c1CSc1ncccn1. The molecule has 0 saturated carbocycles. The number of halogens is 4. The summed E-state index contributed by atoms with van der Waals surface area (Å²) in [6.45, 7) is 0. The molecule has 13 heteroatoms. The minimum absolute atomic E-state index is 0.0525. The van der Waals surface area contributed by atoms with Crippen molar-refractivity contribution in [2.75, 3.05) is 5.32 Å². The van der Waals surface area contributed by atoms with Gasteiger partial charge in [0.2, 0.25) is 0 Å². The third-order valence-electron chi connectivity index (χ3n) is 4.26. The van der Waals surface area contributed by atoms with Crippen LogP contribution >= 0.6 is 11.8 Å². The summed E-state index contributed by atoms with van der Waals surface area (Å²) < 4.78 is 56.1. The fourth-order valence-corrected chi connectivity index (χ4v) is 3.65. The van der Waals surface area contributed by atoms with E-state index in [4.69, 9.17) is 0 Å². The van der Waals surface area contributed by atoms with Crippen LogP contribution in [0.2, 0.25) is 0 Å². The van der Waals surface area contributed by atoms with E-state index in [1.165, 1.54) is 46.8 Å². The summed E-state index contributed by atoms with van der Waals surface area (Å²) in [6.07, 6.45) is -1.71. The number of alkyl halides is 3. The zero-order valence-corrected chi connectivity index (χ0v) is 17.8. The monoisotopic (exact) mass is 490 g/mol. The quantitative estimate of drug-likeness (QED) is 0.229. The number of amides is 1. The predicted molar refractivity (Wildman–Crippen MR) is 114 cm³/mol. The van der Waals surface area contributed by atoms with Gasteiger partial charge in [0.05, 0.1) is 11.4 Å². The van der Waals surface area contributed by atoms with Crippen LogP contribution in [-0.2, 0) is 5.75 Å². The van der Waals surface area contributed by atoms with Gasteiger partial charge in [-0.1, -0.05) is 23.0 Å². The van der Waals surface area contributed by atoms with Crippen molar-refractivity contribution in [1.82, 2.24) is 25.0 Å². The van der Waals surface area contributed by atoms with Gasteiger partial charge >= 0.3 is 6.36 Å². The molecule has 0 radical (unpaired) electrons. The zero-order valence-electron chi connectivity index (χ0n) is 17.0. The van der Waals surface area contributed by atoms with Crippen LogP contribution in [0.1, 0.15) is 16.2 Å². The standard InChI is InChI=1S/C21H14F4N6O2S/c22-13-3-1-4-14(11-13)28-19(32)18-17(12-34-20-26-9-2-10-27-20)31(30-29-18)15-5-7-16(8-6-15)33-21(23,24)25/h1-11H,12H2,(H,28,32). The molecule has 0 aliphatic rings. The molecule has 0 bridgehead atoms. The Morgan fingerprint density at radius 3 is 2.47 bits per heavy atom. The predicted octanol–water partition coefficient (Wildman–Crippen LogP) is 4.64. The molecule has 1 amide bonds. The maximum Gasteiger partial charge on any atom is 0.573 e. The van der Waals surface area contributed by atoms with Crippen molar-refractivity contribution in [2.24, 2.45) is 0 Å². The average Bonchev–Trinajstić information content (AvgIpc) is 3.22. The maximum atomic E-state index is 13.5. The molecular weight excluding hydrogens is 476 g/mol. The van der Waals surface area contributed by atoms with Gasteiger partial charge in [0, 0.05) is 23.8 Å². The Morgan fingerprint density at radius 2 is 1.79 bits per heavy atom. The second-order valence-corrected chi connectivity index (χ2v) is 7.57. The molecule has 174 valence electrons. The van der Waals surface area contributed by atoms with Gasteiger partial charge in [0.25, 0.3) is 5.91 Å². The largest absolute Gasteiger partial charge is 0.573 e. The Balaban J connectivity index is 1.64. The summed E-state index contributed by atoms with van der Waals surface area (Å²) in [7, 11) is 0. The fourth-order valence-electron chi connectivity index (χ4n) is 2.85. The van der Waals surface area contributed by atoms with E-state index in [0.717, 1.165) is 18.2 Å². The highest BCUT2D eigenvalue weighted by molar-refractivity contribution is 7.98. The molecule has 0 atom stereocenters. The Bertz CT molecular complexity index is 1280. The van der Waals surface area contributed by atoms with Crippen molar-refractivity contribution < 1.29 is 27.1 Å². The number of nitrogens with zero attached hydrogens (tertiary/aromatic N) is 5. The smallest absolute Gasteiger partial charge is 0.406 e. The number of ether oxygens (including phenoxy) is 1. The Kier molecular flexibility index (Phi) is 6.72. The third-order valence-corrected chi connectivity index (χ3v) is 5.14. The summed E-state index contributed by atoms with van der Waals surface area (Å²) in [5, 5.41) is 10.9. The van der Waals surface area contributed by atoms with Crippen LogP contribution in [0.4, 0.5) is 23.2 Å². The minimum atomic E-state index is -4.82. The number of carbonyl (C=O) groups excluding carboxylic acids is 1. The second kappa shape index (κ2) is 9.87. The first kappa shape index (κ1) is 23.2. The topological polar surface area (TPSA) is 94.8 Å². The number of carbonyl (C=O) groups is 1. The number of nitrogens with one attached hydrogen (secondary N) is 1. The Morgan fingerprint density at radius 1 is 1.06 bits per heavy atom. The minimum Gasteiger partial charge on any atom is -0.406 e. The number of thioether (sulfide) groups is 1. The van der Waals surface area contributed by atoms with E-state index in [0.29, 0.717) is 16.5 Å². The highest BCUT2D eigenvalue weighted by atomic mass is 32.2. The van der Waals surface area contributed by atoms with Crippen molar-refractivity contribution in [3.63, 3.8) is 0 Å². The molecule has 2 heterocycles. The van der Waals surface area contributed by atoms with Crippen molar-refractivity contribution in [3.8, 4) is 11.4 Å². The normalized spacial score (nSPS) is 11.3. The van der Waals surface area contributed by atoms with E-state index in [9.17, 15) is 22.4 Å². The van der Waals surface area contributed by atoms with E-state index in [1.54, 1.807) is 18.5 Å². The van der Waals surface area contributed by atoms with Gasteiger partial charge in [-0.2, -0.15) is 0 Å². The summed E-state index contributed by atoms with van der Waals surface area (Å²) >= 11 is 1.20. The molecule has 1 N–H and O–H groups in total. The van der Waals surface area contributed by atoms with Crippen LogP contribution < -0.4 is 10.1 Å². The number of benzene rings is 2. The van der Waals surface area contributed by atoms with Crippen LogP contribution in [0, 0.1) is 5.82 Å². The van der Waals surface area contributed by atoms with Gasteiger partial charge < -0.3 is 10.1 Å². The van der Waals surface area contributed by atoms with Gasteiger partial charge in [-0.05, 0) is 48.5 Å². The van der Waals surface area contributed by atoms with E-state index in [-0.39, 0.29) is 17.1 Å². The van der Waals surface area contributed by atoms with Crippen molar-refractivity contribution >= 4 is 23.4 Å². The lowest BCUT2D eigenvalue weighted by Gasteiger charge is -2.11. The van der Waals surface area contributed by atoms with Crippen LogP contribution in [0.5, 0.6) is 5.75 Å². The molecule has 2 aromatic carbocycles. The second-order valence-electron chi connectivity index (χ2n) is 6.62. The van der Waals surface area contributed by atoms with Gasteiger partial charge in [-0.3, -0.25) is 4.79 Å². The average molecular weight is 490 g/mol. The molecule has 0 aliphatic heterocycles. The highest BCUT2D eigenvalue weighted by Crippen LogP contribution is 2.26. The molecule has 8 nitrogen and oxygen atoms in total. The Hall–Kier alpha value is -4.00. The van der Waals surface area contributed by atoms with E-state index < -0.39 is 23.8 Å². The van der Waals surface area contributed by atoms with Crippen LogP contribution in [-0.4, -0.2) is 37.2 Å². The lowest BCUT2D eigenvalue weighted by molar-refractivity contribution is -0.274. The maximum absolute atomic E-state index is 13.5. The molecule has 2 aromatic heterocycles. The molecule has 0 saturated heterocycles. The molecule has 34 heavy (non-hydrogen) atoms. The number of hydrogen-bond donors (Lipinski definition) is 1. The molecule has 0 fully saturated rings. The molecule has 4 aromatic rings.